The zero-order valence-corrected chi connectivity index (χ0v) is 24.3. The number of benzene rings is 7. The van der Waals surface area contributed by atoms with Crippen molar-refractivity contribution in [2.24, 2.45) is 0 Å². The third-order valence-corrected chi connectivity index (χ3v) is 8.64. The maximum atomic E-state index is 6.46. The second-order valence-electron chi connectivity index (χ2n) is 11.4. The summed E-state index contributed by atoms with van der Waals surface area (Å²) in [6.45, 7) is 0. The number of para-hydroxylation sites is 1. The lowest BCUT2D eigenvalue weighted by atomic mass is 9.95. The third kappa shape index (κ3) is 4.45. The molecular formula is C42H26N2O. The van der Waals surface area contributed by atoms with Crippen molar-refractivity contribution in [2.75, 3.05) is 0 Å². The number of hydrogen-bond donors (Lipinski definition) is 0. The molecule has 0 aliphatic rings. The summed E-state index contributed by atoms with van der Waals surface area (Å²) in [5.74, 6) is 0.687. The van der Waals surface area contributed by atoms with Crippen molar-refractivity contribution < 1.29 is 4.42 Å². The standard InChI is InChI=1S/C42H26N2O/c1-2-12-29(13-3-1)36-24-34(25-40-41(36)35-16-8-9-17-39(35)45-40)38-26-37(32-20-18-27-10-4-6-14-30(27)22-32)43-42(44-38)33-21-19-28-11-5-7-15-31(28)23-33/h1-26H. The van der Waals surface area contributed by atoms with Crippen molar-refractivity contribution >= 4 is 43.5 Å². The molecule has 0 aliphatic heterocycles. The van der Waals surface area contributed by atoms with Gasteiger partial charge in [-0.15, -0.1) is 0 Å². The van der Waals surface area contributed by atoms with Gasteiger partial charge in [0.05, 0.1) is 11.4 Å². The Morgan fingerprint density at radius 3 is 1.73 bits per heavy atom. The SMILES string of the molecule is c1ccc(-c2cc(-c3cc(-c4ccc5ccccc5c4)nc(-c4ccc5ccccc5c4)n3)cc3oc4ccccc4c23)cc1. The summed E-state index contributed by atoms with van der Waals surface area (Å²) >= 11 is 0. The second-order valence-corrected chi connectivity index (χ2v) is 11.4. The Hall–Kier alpha value is -6.06. The minimum Gasteiger partial charge on any atom is -0.456 e. The molecule has 0 saturated heterocycles. The first-order chi connectivity index (χ1) is 22.3. The van der Waals surface area contributed by atoms with E-state index in [2.05, 4.69) is 140 Å². The fraction of sp³-hybridized carbons (Fsp3) is 0. The first-order valence-corrected chi connectivity index (χ1v) is 15.2. The molecule has 0 aliphatic carbocycles. The fourth-order valence-electron chi connectivity index (χ4n) is 6.40. The van der Waals surface area contributed by atoms with Gasteiger partial charge in [-0.25, -0.2) is 9.97 Å². The molecular weight excluding hydrogens is 548 g/mol. The maximum Gasteiger partial charge on any atom is 0.160 e. The molecule has 0 atom stereocenters. The Bertz CT molecular complexity index is 2450. The average Bonchev–Trinajstić information content (AvgIpc) is 3.49. The van der Waals surface area contributed by atoms with Gasteiger partial charge >= 0.3 is 0 Å². The van der Waals surface area contributed by atoms with E-state index in [4.69, 9.17) is 14.4 Å². The Labute approximate surface area is 260 Å². The molecule has 2 heterocycles. The van der Waals surface area contributed by atoms with E-state index in [0.29, 0.717) is 5.82 Å². The van der Waals surface area contributed by atoms with E-state index < -0.39 is 0 Å². The third-order valence-electron chi connectivity index (χ3n) is 8.64. The summed E-state index contributed by atoms with van der Waals surface area (Å²) in [4.78, 5) is 10.4. The minimum absolute atomic E-state index is 0.687. The highest BCUT2D eigenvalue weighted by molar-refractivity contribution is 6.13. The van der Waals surface area contributed by atoms with Crippen LogP contribution in [0.2, 0.25) is 0 Å². The largest absolute Gasteiger partial charge is 0.456 e. The van der Waals surface area contributed by atoms with E-state index in [1.807, 2.05) is 18.2 Å². The molecule has 2 aromatic heterocycles. The van der Waals surface area contributed by atoms with Gasteiger partial charge in [-0.2, -0.15) is 0 Å². The number of aromatic nitrogens is 2. The van der Waals surface area contributed by atoms with E-state index in [9.17, 15) is 0 Å². The van der Waals surface area contributed by atoms with Gasteiger partial charge in [0, 0.05) is 27.5 Å². The molecule has 45 heavy (non-hydrogen) atoms. The molecule has 0 N–H and O–H groups in total. The Balaban J connectivity index is 1.31. The average molecular weight is 575 g/mol. The van der Waals surface area contributed by atoms with Crippen molar-refractivity contribution in [1.82, 2.24) is 9.97 Å². The van der Waals surface area contributed by atoms with Gasteiger partial charge in [-0.3, -0.25) is 0 Å². The topological polar surface area (TPSA) is 38.9 Å². The molecule has 0 bridgehead atoms. The van der Waals surface area contributed by atoms with Crippen LogP contribution < -0.4 is 0 Å². The van der Waals surface area contributed by atoms with Gasteiger partial charge in [-0.05, 0) is 69.1 Å². The lowest BCUT2D eigenvalue weighted by Gasteiger charge is -2.12. The lowest BCUT2D eigenvalue weighted by Crippen LogP contribution is -1.96. The van der Waals surface area contributed by atoms with E-state index in [-0.39, 0.29) is 0 Å². The second kappa shape index (κ2) is 10.3. The summed E-state index contributed by atoms with van der Waals surface area (Å²) in [7, 11) is 0. The lowest BCUT2D eigenvalue weighted by molar-refractivity contribution is 0.669. The molecule has 210 valence electrons. The summed E-state index contributed by atoms with van der Waals surface area (Å²) in [5.41, 5.74) is 8.69. The van der Waals surface area contributed by atoms with Crippen LogP contribution in [0, 0.1) is 0 Å². The van der Waals surface area contributed by atoms with E-state index in [0.717, 1.165) is 66.5 Å². The van der Waals surface area contributed by atoms with Crippen molar-refractivity contribution in [3.8, 4) is 45.0 Å². The highest BCUT2D eigenvalue weighted by Gasteiger charge is 2.18. The summed E-state index contributed by atoms with van der Waals surface area (Å²) < 4.78 is 6.46. The number of hydrogen-bond acceptors (Lipinski definition) is 3. The molecule has 3 heteroatoms. The predicted molar refractivity (Wildman–Crippen MR) is 186 cm³/mol. The Morgan fingerprint density at radius 1 is 0.378 bits per heavy atom. The van der Waals surface area contributed by atoms with Crippen molar-refractivity contribution in [3.63, 3.8) is 0 Å². The zero-order valence-electron chi connectivity index (χ0n) is 24.3. The van der Waals surface area contributed by atoms with Crippen LogP contribution in [0.25, 0.3) is 88.5 Å². The molecule has 3 nitrogen and oxygen atoms in total. The van der Waals surface area contributed by atoms with Crippen molar-refractivity contribution in [1.29, 1.82) is 0 Å². The first-order valence-electron chi connectivity index (χ1n) is 15.2. The fourth-order valence-corrected chi connectivity index (χ4v) is 6.40. The van der Waals surface area contributed by atoms with Crippen LogP contribution in [0.4, 0.5) is 0 Å². The summed E-state index contributed by atoms with van der Waals surface area (Å²) in [6.07, 6.45) is 0. The quantitative estimate of drug-likeness (QED) is 0.210. The normalized spacial score (nSPS) is 11.6. The van der Waals surface area contributed by atoms with Crippen molar-refractivity contribution in [2.45, 2.75) is 0 Å². The smallest absolute Gasteiger partial charge is 0.160 e. The highest BCUT2D eigenvalue weighted by Crippen LogP contribution is 2.40. The Morgan fingerprint density at radius 2 is 0.978 bits per heavy atom. The van der Waals surface area contributed by atoms with Gasteiger partial charge in [0.15, 0.2) is 5.82 Å². The number of nitrogens with zero attached hydrogens (tertiary/aromatic N) is 2. The van der Waals surface area contributed by atoms with E-state index >= 15 is 0 Å². The molecule has 0 unspecified atom stereocenters. The van der Waals surface area contributed by atoms with Gasteiger partial charge in [0.1, 0.15) is 11.2 Å². The van der Waals surface area contributed by atoms with Crippen LogP contribution in [0.1, 0.15) is 0 Å². The summed E-state index contributed by atoms with van der Waals surface area (Å²) in [6, 6.07) is 55.0. The van der Waals surface area contributed by atoms with Crippen LogP contribution in [0.3, 0.4) is 0 Å². The monoisotopic (exact) mass is 574 g/mol. The summed E-state index contributed by atoms with van der Waals surface area (Å²) in [5, 5.41) is 6.94. The maximum absolute atomic E-state index is 6.46. The van der Waals surface area contributed by atoms with E-state index in [1.54, 1.807) is 0 Å². The zero-order chi connectivity index (χ0) is 29.7. The Kier molecular flexibility index (Phi) is 5.82. The molecule has 0 spiro atoms. The molecule has 0 fully saturated rings. The highest BCUT2D eigenvalue weighted by atomic mass is 16.3. The molecule has 7 aromatic carbocycles. The van der Waals surface area contributed by atoms with Gasteiger partial charge < -0.3 is 4.42 Å². The van der Waals surface area contributed by atoms with Crippen molar-refractivity contribution in [3.05, 3.63) is 158 Å². The molecule has 9 aromatic rings. The number of furan rings is 1. The van der Waals surface area contributed by atoms with Crippen LogP contribution in [0.15, 0.2) is 162 Å². The molecule has 0 amide bonds. The van der Waals surface area contributed by atoms with Gasteiger partial charge in [-0.1, -0.05) is 121 Å². The molecule has 9 rings (SSSR count). The first kappa shape index (κ1) is 25.4. The van der Waals surface area contributed by atoms with Crippen LogP contribution in [0.5, 0.6) is 0 Å². The molecule has 0 saturated carbocycles. The van der Waals surface area contributed by atoms with Gasteiger partial charge in [0.25, 0.3) is 0 Å². The van der Waals surface area contributed by atoms with Crippen LogP contribution in [-0.2, 0) is 0 Å². The predicted octanol–water partition coefficient (Wildman–Crippen LogP) is 11.4. The minimum atomic E-state index is 0.687. The van der Waals surface area contributed by atoms with E-state index in [1.165, 1.54) is 16.2 Å². The van der Waals surface area contributed by atoms with Crippen LogP contribution >= 0.6 is 0 Å². The molecule has 0 radical (unpaired) electrons. The van der Waals surface area contributed by atoms with Gasteiger partial charge in [0.2, 0.25) is 0 Å². The van der Waals surface area contributed by atoms with Crippen LogP contribution in [-0.4, -0.2) is 9.97 Å². The number of rotatable bonds is 4. The number of fused-ring (bicyclic) bond motifs is 5.